The molecule has 2 heterocycles. The molecule has 0 amide bonds. The van der Waals surface area contributed by atoms with Crippen LogP contribution in [0.15, 0.2) is 18.2 Å². The summed E-state index contributed by atoms with van der Waals surface area (Å²) >= 11 is 0. The lowest BCUT2D eigenvalue weighted by Gasteiger charge is -2.46. The van der Waals surface area contributed by atoms with Crippen molar-refractivity contribution < 1.29 is 63.9 Å². The molecule has 0 saturated carbocycles. The average molecular weight is 490 g/mol. The highest BCUT2D eigenvalue weighted by Gasteiger charge is 2.51. The SMILES string of the molecule is COC(=O)c1ccc(OC2OC(CO)C(O)C(O)C2OC2OC(C)C(O)C(OC)C2O)c(O)c1. The van der Waals surface area contributed by atoms with E-state index < -0.39 is 79.7 Å². The van der Waals surface area contributed by atoms with Crippen LogP contribution in [0.5, 0.6) is 11.5 Å². The van der Waals surface area contributed by atoms with Gasteiger partial charge >= 0.3 is 5.97 Å². The van der Waals surface area contributed by atoms with Crippen molar-refractivity contribution in [2.45, 2.75) is 68.3 Å². The van der Waals surface area contributed by atoms with E-state index in [1.807, 2.05) is 0 Å². The van der Waals surface area contributed by atoms with Gasteiger partial charge in [0.15, 0.2) is 23.9 Å². The molecule has 2 aliphatic rings. The number of phenolic OH excluding ortho intramolecular Hbond substituents is 1. The van der Waals surface area contributed by atoms with Crippen LogP contribution in [0.1, 0.15) is 17.3 Å². The Morgan fingerprint density at radius 1 is 0.971 bits per heavy atom. The third-order valence-corrected chi connectivity index (χ3v) is 5.79. The van der Waals surface area contributed by atoms with E-state index >= 15 is 0 Å². The van der Waals surface area contributed by atoms with Crippen molar-refractivity contribution in [2.24, 2.45) is 0 Å². The molecule has 2 aliphatic heterocycles. The third kappa shape index (κ3) is 5.27. The number of phenols is 1. The highest BCUT2D eigenvalue weighted by molar-refractivity contribution is 5.90. The highest BCUT2D eigenvalue weighted by atomic mass is 16.8. The van der Waals surface area contributed by atoms with Gasteiger partial charge in [-0.2, -0.15) is 0 Å². The lowest BCUT2D eigenvalue weighted by atomic mass is 9.97. The van der Waals surface area contributed by atoms with Gasteiger partial charge in [-0.25, -0.2) is 4.79 Å². The fourth-order valence-corrected chi connectivity index (χ4v) is 3.83. The van der Waals surface area contributed by atoms with Gasteiger partial charge < -0.3 is 59.1 Å². The normalized spacial score (nSPS) is 38.4. The Hall–Kier alpha value is -2.07. The van der Waals surface area contributed by atoms with Crippen molar-refractivity contribution in [2.75, 3.05) is 20.8 Å². The van der Waals surface area contributed by atoms with E-state index in [1.165, 1.54) is 33.3 Å². The number of hydrogen-bond donors (Lipinski definition) is 6. The second-order valence-electron chi connectivity index (χ2n) is 7.99. The topological polar surface area (TPSA) is 194 Å². The summed E-state index contributed by atoms with van der Waals surface area (Å²) in [6.45, 7) is 0.855. The maximum Gasteiger partial charge on any atom is 0.337 e. The van der Waals surface area contributed by atoms with Gasteiger partial charge in [-0.15, -0.1) is 0 Å². The smallest absolute Gasteiger partial charge is 0.337 e. The molecule has 0 aliphatic carbocycles. The number of carbonyl (C=O) groups is 1. The standard InChI is InChI=1S/C21H30O13/c1-8-13(24)17(29-2)16(27)20(31-8)34-18-15(26)14(25)12(7-22)33-21(18)32-11-5-4-9(6-10(11)23)19(28)30-3/h4-6,8,12-18,20-27H,7H2,1-3H3. The molecule has 6 N–H and O–H groups in total. The van der Waals surface area contributed by atoms with Crippen molar-refractivity contribution in [1.29, 1.82) is 0 Å². The molecular formula is C21H30O13. The number of methoxy groups -OCH3 is 2. The summed E-state index contributed by atoms with van der Waals surface area (Å²) in [5.74, 6) is -1.32. The Labute approximate surface area is 195 Å². The van der Waals surface area contributed by atoms with E-state index in [9.17, 15) is 35.4 Å². The number of ether oxygens (including phenoxy) is 6. The molecule has 0 aromatic heterocycles. The number of benzene rings is 1. The number of carbonyl (C=O) groups excluding carboxylic acids is 1. The minimum atomic E-state index is -1.67. The van der Waals surface area contributed by atoms with E-state index in [1.54, 1.807) is 0 Å². The first-order valence-corrected chi connectivity index (χ1v) is 10.5. The Kier molecular flexibility index (Phi) is 8.67. The largest absolute Gasteiger partial charge is 0.504 e. The summed E-state index contributed by atoms with van der Waals surface area (Å²) in [6, 6.07) is 3.66. The van der Waals surface area contributed by atoms with E-state index in [2.05, 4.69) is 4.74 Å². The second kappa shape index (κ2) is 11.1. The average Bonchev–Trinajstić information content (AvgIpc) is 2.82. The van der Waals surface area contributed by atoms with Crippen LogP contribution in [0.2, 0.25) is 0 Å². The molecule has 1 aromatic carbocycles. The zero-order chi connectivity index (χ0) is 25.2. The zero-order valence-corrected chi connectivity index (χ0v) is 18.8. The molecule has 2 saturated heterocycles. The lowest BCUT2D eigenvalue weighted by Crippen LogP contribution is -2.64. The molecule has 2 fully saturated rings. The number of rotatable bonds is 7. The molecule has 0 bridgehead atoms. The minimum absolute atomic E-state index is 0.0466. The van der Waals surface area contributed by atoms with Crippen molar-refractivity contribution in [3.63, 3.8) is 0 Å². The van der Waals surface area contributed by atoms with Crippen LogP contribution >= 0.6 is 0 Å². The minimum Gasteiger partial charge on any atom is -0.504 e. The maximum absolute atomic E-state index is 11.7. The molecule has 13 heteroatoms. The molecule has 1 aromatic rings. The molecule has 192 valence electrons. The number of aliphatic hydroxyl groups excluding tert-OH is 5. The van der Waals surface area contributed by atoms with Gasteiger partial charge in [0, 0.05) is 7.11 Å². The monoisotopic (exact) mass is 490 g/mol. The Balaban J connectivity index is 1.85. The molecule has 34 heavy (non-hydrogen) atoms. The van der Waals surface area contributed by atoms with E-state index in [0.717, 1.165) is 6.07 Å². The van der Waals surface area contributed by atoms with Crippen LogP contribution < -0.4 is 4.74 Å². The molecule has 3 rings (SSSR count). The van der Waals surface area contributed by atoms with Crippen LogP contribution in [0.4, 0.5) is 0 Å². The van der Waals surface area contributed by atoms with Crippen molar-refractivity contribution in [3.05, 3.63) is 23.8 Å². The summed E-state index contributed by atoms with van der Waals surface area (Å²) in [6.07, 6.45) is -13.5. The third-order valence-electron chi connectivity index (χ3n) is 5.79. The quantitative estimate of drug-likeness (QED) is 0.227. The Bertz CT molecular complexity index is 835. The molecule has 13 nitrogen and oxygen atoms in total. The first-order chi connectivity index (χ1) is 16.1. The van der Waals surface area contributed by atoms with Gasteiger partial charge in [0.2, 0.25) is 6.29 Å². The fraction of sp³-hybridized carbons (Fsp3) is 0.667. The first-order valence-electron chi connectivity index (χ1n) is 10.5. The second-order valence-corrected chi connectivity index (χ2v) is 7.99. The summed E-state index contributed by atoms with van der Waals surface area (Å²) in [4.78, 5) is 11.7. The predicted octanol–water partition coefficient (Wildman–Crippen LogP) is -2.14. The molecule has 0 spiro atoms. The maximum atomic E-state index is 11.7. The summed E-state index contributed by atoms with van der Waals surface area (Å²) in [7, 11) is 2.46. The van der Waals surface area contributed by atoms with Crippen LogP contribution in [-0.4, -0.2) is 119 Å². The van der Waals surface area contributed by atoms with Gasteiger partial charge in [0.05, 0.1) is 25.4 Å². The predicted molar refractivity (Wildman–Crippen MR) is 110 cm³/mol. The van der Waals surface area contributed by atoms with Crippen molar-refractivity contribution in [1.82, 2.24) is 0 Å². The summed E-state index contributed by atoms with van der Waals surface area (Å²) in [5, 5.41) is 61.5. The fourth-order valence-electron chi connectivity index (χ4n) is 3.83. The number of aromatic hydroxyl groups is 1. The van der Waals surface area contributed by atoms with Crippen LogP contribution in [-0.2, 0) is 23.7 Å². The van der Waals surface area contributed by atoms with Crippen molar-refractivity contribution in [3.8, 4) is 11.5 Å². The van der Waals surface area contributed by atoms with Crippen molar-refractivity contribution >= 4 is 5.97 Å². The molecule has 0 radical (unpaired) electrons. The Morgan fingerprint density at radius 2 is 1.68 bits per heavy atom. The van der Waals surface area contributed by atoms with E-state index in [0.29, 0.717) is 0 Å². The molecule has 10 unspecified atom stereocenters. The zero-order valence-electron chi connectivity index (χ0n) is 18.8. The van der Waals surface area contributed by atoms with Gasteiger partial charge in [-0.1, -0.05) is 0 Å². The van der Waals surface area contributed by atoms with Gasteiger partial charge in [-0.3, -0.25) is 0 Å². The van der Waals surface area contributed by atoms with Crippen LogP contribution in [0, 0.1) is 0 Å². The molecular weight excluding hydrogens is 460 g/mol. The summed E-state index contributed by atoms with van der Waals surface area (Å²) < 4.78 is 32.1. The molecule has 10 atom stereocenters. The van der Waals surface area contributed by atoms with Gasteiger partial charge in [0.1, 0.15) is 36.6 Å². The van der Waals surface area contributed by atoms with Gasteiger partial charge in [0.25, 0.3) is 0 Å². The van der Waals surface area contributed by atoms with E-state index in [4.69, 9.17) is 23.7 Å². The number of hydrogen-bond acceptors (Lipinski definition) is 13. The number of aliphatic hydroxyl groups is 5. The first kappa shape index (κ1) is 26.5. The Morgan fingerprint density at radius 3 is 2.26 bits per heavy atom. The number of esters is 1. The van der Waals surface area contributed by atoms with Gasteiger partial charge in [-0.05, 0) is 25.1 Å². The van der Waals surface area contributed by atoms with Crippen LogP contribution in [0.3, 0.4) is 0 Å². The lowest BCUT2D eigenvalue weighted by molar-refractivity contribution is -0.356. The summed E-state index contributed by atoms with van der Waals surface area (Å²) in [5.41, 5.74) is 0.0466. The van der Waals surface area contributed by atoms with Crippen LogP contribution in [0.25, 0.3) is 0 Å². The highest BCUT2D eigenvalue weighted by Crippen LogP contribution is 2.34. The van der Waals surface area contributed by atoms with E-state index in [-0.39, 0.29) is 11.3 Å².